The number of methoxy groups -OCH3 is 1. The van der Waals surface area contributed by atoms with Crippen molar-refractivity contribution in [3.63, 3.8) is 0 Å². The minimum atomic E-state index is -0.390. The average molecular weight is 353 g/mol. The van der Waals surface area contributed by atoms with Crippen LogP contribution in [-0.4, -0.2) is 43.5 Å². The summed E-state index contributed by atoms with van der Waals surface area (Å²) in [6.07, 6.45) is 0. The van der Waals surface area contributed by atoms with Crippen LogP contribution in [0.5, 0.6) is 5.75 Å². The number of carbonyl (C=O) groups is 2. The Hall–Kier alpha value is -2.86. The van der Waals surface area contributed by atoms with E-state index in [-0.39, 0.29) is 24.4 Å². The molecule has 0 bridgehead atoms. The number of fused-ring (bicyclic) bond motifs is 1. The number of hydrogen-bond acceptors (Lipinski definition) is 4. The van der Waals surface area contributed by atoms with Crippen LogP contribution >= 0.6 is 0 Å². The predicted octanol–water partition coefficient (Wildman–Crippen LogP) is 2.50. The first-order valence-corrected chi connectivity index (χ1v) is 8.53. The molecule has 6 nitrogen and oxygen atoms in total. The SMILES string of the molecule is COc1ccccc1CN(C)[C@H](C)C(=O)N1CC(=O)Nc2ccccc21. The lowest BCUT2D eigenvalue weighted by molar-refractivity contribution is -0.125. The molecule has 1 aliphatic rings. The summed E-state index contributed by atoms with van der Waals surface area (Å²) >= 11 is 0. The maximum absolute atomic E-state index is 13.1. The maximum atomic E-state index is 13.1. The smallest absolute Gasteiger partial charge is 0.244 e. The number of ether oxygens (including phenoxy) is 1. The predicted molar refractivity (Wildman–Crippen MR) is 101 cm³/mol. The van der Waals surface area contributed by atoms with Crippen LogP contribution in [0.3, 0.4) is 0 Å². The minimum absolute atomic E-state index is 0.0304. The molecule has 0 saturated heterocycles. The van der Waals surface area contributed by atoms with Crippen LogP contribution in [0.25, 0.3) is 0 Å². The molecule has 6 heteroatoms. The molecule has 136 valence electrons. The molecule has 2 amide bonds. The molecule has 1 N–H and O–H groups in total. The van der Waals surface area contributed by atoms with E-state index in [0.29, 0.717) is 12.2 Å². The number of nitrogens with one attached hydrogen (secondary N) is 1. The standard InChI is InChI=1S/C20H23N3O3/c1-14(22(2)12-15-8-4-7-11-18(15)26-3)20(25)23-13-19(24)21-16-9-5-6-10-17(16)23/h4-11,14H,12-13H2,1-3H3,(H,21,24)/t14-/m1/s1. The van der Waals surface area contributed by atoms with Gasteiger partial charge >= 0.3 is 0 Å². The van der Waals surface area contributed by atoms with E-state index in [4.69, 9.17) is 4.74 Å². The summed E-state index contributed by atoms with van der Waals surface area (Å²) in [5.74, 6) is 0.503. The van der Waals surface area contributed by atoms with Crippen LogP contribution in [0, 0.1) is 0 Å². The van der Waals surface area contributed by atoms with Crippen molar-refractivity contribution in [1.29, 1.82) is 0 Å². The summed E-state index contributed by atoms with van der Waals surface area (Å²) in [6.45, 7) is 2.45. The van der Waals surface area contributed by atoms with Gasteiger partial charge in [0.2, 0.25) is 11.8 Å². The van der Waals surface area contributed by atoms with E-state index >= 15 is 0 Å². The number of amides is 2. The molecule has 0 unspecified atom stereocenters. The Morgan fingerprint density at radius 1 is 1.23 bits per heavy atom. The first-order valence-electron chi connectivity index (χ1n) is 8.53. The zero-order valence-electron chi connectivity index (χ0n) is 15.2. The van der Waals surface area contributed by atoms with E-state index in [9.17, 15) is 9.59 Å². The normalized spacial score (nSPS) is 14.6. The van der Waals surface area contributed by atoms with Gasteiger partial charge in [0.1, 0.15) is 12.3 Å². The summed E-state index contributed by atoms with van der Waals surface area (Å²) in [4.78, 5) is 28.5. The summed E-state index contributed by atoms with van der Waals surface area (Å²) in [6, 6.07) is 14.7. The second-order valence-electron chi connectivity index (χ2n) is 6.39. The lowest BCUT2D eigenvalue weighted by Crippen LogP contribution is -2.50. The summed E-state index contributed by atoms with van der Waals surface area (Å²) in [5.41, 5.74) is 2.40. The third-order valence-corrected chi connectivity index (χ3v) is 4.67. The van der Waals surface area contributed by atoms with E-state index < -0.39 is 0 Å². The zero-order valence-corrected chi connectivity index (χ0v) is 15.2. The number of rotatable bonds is 5. The number of hydrogen-bond donors (Lipinski definition) is 1. The molecule has 0 fully saturated rings. The molecule has 2 aromatic rings. The number of benzene rings is 2. The summed E-state index contributed by atoms with van der Waals surface area (Å²) < 4.78 is 5.39. The van der Waals surface area contributed by atoms with E-state index in [1.807, 2.05) is 61.3 Å². The van der Waals surface area contributed by atoms with Crippen LogP contribution in [0.2, 0.25) is 0 Å². The lowest BCUT2D eigenvalue weighted by Gasteiger charge is -2.33. The highest BCUT2D eigenvalue weighted by Gasteiger charge is 2.31. The molecule has 1 aliphatic heterocycles. The number of carbonyl (C=O) groups excluding carboxylic acids is 2. The third-order valence-electron chi connectivity index (χ3n) is 4.67. The van der Waals surface area contributed by atoms with Crippen molar-refractivity contribution < 1.29 is 14.3 Å². The van der Waals surface area contributed by atoms with Crippen LogP contribution in [-0.2, 0) is 16.1 Å². The fourth-order valence-corrected chi connectivity index (χ4v) is 3.08. The molecule has 0 aliphatic carbocycles. The Morgan fingerprint density at radius 3 is 2.69 bits per heavy atom. The highest BCUT2D eigenvalue weighted by atomic mass is 16.5. The van der Waals surface area contributed by atoms with Crippen LogP contribution in [0.1, 0.15) is 12.5 Å². The number of anilines is 2. The highest BCUT2D eigenvalue weighted by molar-refractivity contribution is 6.11. The highest BCUT2D eigenvalue weighted by Crippen LogP contribution is 2.30. The van der Waals surface area contributed by atoms with E-state index in [2.05, 4.69) is 5.32 Å². The molecule has 3 rings (SSSR count). The first-order chi connectivity index (χ1) is 12.5. The van der Waals surface area contributed by atoms with Crippen LogP contribution < -0.4 is 15.0 Å². The fraction of sp³-hybridized carbons (Fsp3) is 0.300. The Labute approximate surface area is 153 Å². The van der Waals surface area contributed by atoms with Gasteiger partial charge in [-0.3, -0.25) is 19.4 Å². The molecular formula is C20H23N3O3. The Kier molecular flexibility index (Phi) is 5.23. The zero-order chi connectivity index (χ0) is 18.7. The first kappa shape index (κ1) is 17.9. The average Bonchev–Trinajstić information content (AvgIpc) is 2.66. The van der Waals surface area contributed by atoms with E-state index in [0.717, 1.165) is 17.0 Å². The van der Waals surface area contributed by atoms with Gasteiger partial charge in [-0.1, -0.05) is 30.3 Å². The molecule has 0 radical (unpaired) electrons. The van der Waals surface area contributed by atoms with Crippen LogP contribution in [0.4, 0.5) is 11.4 Å². The lowest BCUT2D eigenvalue weighted by atomic mass is 10.1. The number of para-hydroxylation sites is 3. The van der Waals surface area contributed by atoms with Gasteiger partial charge in [-0.05, 0) is 32.2 Å². The number of likely N-dealkylation sites (N-methyl/N-ethyl adjacent to an activating group) is 1. The monoisotopic (exact) mass is 353 g/mol. The quantitative estimate of drug-likeness (QED) is 0.897. The maximum Gasteiger partial charge on any atom is 0.244 e. The largest absolute Gasteiger partial charge is 0.496 e. The van der Waals surface area contributed by atoms with Crippen molar-refractivity contribution >= 4 is 23.2 Å². The summed E-state index contributed by atoms with van der Waals surface area (Å²) in [7, 11) is 3.53. The minimum Gasteiger partial charge on any atom is -0.496 e. The van der Waals surface area contributed by atoms with Crippen molar-refractivity contribution in [3.05, 3.63) is 54.1 Å². The molecule has 0 spiro atoms. The van der Waals surface area contributed by atoms with Gasteiger partial charge < -0.3 is 10.1 Å². The Balaban J connectivity index is 1.78. The fourth-order valence-electron chi connectivity index (χ4n) is 3.08. The molecule has 1 heterocycles. The molecule has 2 aromatic carbocycles. The molecule has 1 atom stereocenters. The third kappa shape index (κ3) is 3.55. The van der Waals surface area contributed by atoms with E-state index in [1.54, 1.807) is 18.1 Å². The molecule has 26 heavy (non-hydrogen) atoms. The number of nitrogens with zero attached hydrogens (tertiary/aromatic N) is 2. The second kappa shape index (κ2) is 7.58. The Morgan fingerprint density at radius 2 is 1.92 bits per heavy atom. The van der Waals surface area contributed by atoms with Gasteiger partial charge in [-0.25, -0.2) is 0 Å². The topological polar surface area (TPSA) is 61.9 Å². The van der Waals surface area contributed by atoms with Gasteiger partial charge in [0.05, 0.1) is 24.5 Å². The van der Waals surface area contributed by atoms with Crippen molar-refractivity contribution in [2.24, 2.45) is 0 Å². The van der Waals surface area contributed by atoms with Gasteiger partial charge in [-0.15, -0.1) is 0 Å². The summed E-state index contributed by atoms with van der Waals surface area (Å²) in [5, 5.41) is 2.80. The Bertz CT molecular complexity index is 821. The molecule has 0 aromatic heterocycles. The molecular weight excluding hydrogens is 330 g/mol. The van der Waals surface area contributed by atoms with Gasteiger partial charge in [0, 0.05) is 12.1 Å². The van der Waals surface area contributed by atoms with Crippen molar-refractivity contribution in [2.75, 3.05) is 30.9 Å². The van der Waals surface area contributed by atoms with Crippen molar-refractivity contribution in [3.8, 4) is 5.75 Å². The van der Waals surface area contributed by atoms with E-state index in [1.165, 1.54) is 0 Å². The van der Waals surface area contributed by atoms with Crippen molar-refractivity contribution in [1.82, 2.24) is 4.90 Å². The van der Waals surface area contributed by atoms with Crippen molar-refractivity contribution in [2.45, 2.75) is 19.5 Å². The van der Waals surface area contributed by atoms with Gasteiger partial charge in [-0.2, -0.15) is 0 Å². The second-order valence-corrected chi connectivity index (χ2v) is 6.39. The molecule has 0 saturated carbocycles. The van der Waals surface area contributed by atoms with Crippen LogP contribution in [0.15, 0.2) is 48.5 Å². The van der Waals surface area contributed by atoms with Gasteiger partial charge in [0.15, 0.2) is 0 Å². The van der Waals surface area contributed by atoms with Gasteiger partial charge in [0.25, 0.3) is 0 Å².